The van der Waals surface area contributed by atoms with Crippen LogP contribution in [0.4, 0.5) is 0 Å². The van der Waals surface area contributed by atoms with E-state index in [4.69, 9.17) is 0 Å². The summed E-state index contributed by atoms with van der Waals surface area (Å²) in [5.41, 5.74) is -0.484. The SMILES string of the molecule is CC1CCC(NS(=O)(=O)c2c[nH]ccc2=O)C1. The molecule has 17 heavy (non-hydrogen) atoms. The molecule has 1 aromatic rings. The molecule has 0 spiro atoms. The highest BCUT2D eigenvalue weighted by molar-refractivity contribution is 7.89. The van der Waals surface area contributed by atoms with Gasteiger partial charge in [0.2, 0.25) is 15.5 Å². The molecule has 1 aliphatic rings. The molecule has 0 bridgehead atoms. The lowest BCUT2D eigenvalue weighted by Gasteiger charge is -2.12. The molecule has 0 aliphatic heterocycles. The summed E-state index contributed by atoms with van der Waals surface area (Å²) in [6.45, 7) is 2.10. The summed E-state index contributed by atoms with van der Waals surface area (Å²) in [5, 5.41) is 0. The van der Waals surface area contributed by atoms with Crippen LogP contribution in [0.1, 0.15) is 26.2 Å². The second-order valence-corrected chi connectivity index (χ2v) is 6.29. The number of nitrogens with one attached hydrogen (secondary N) is 2. The van der Waals surface area contributed by atoms with Gasteiger partial charge in [0.05, 0.1) is 0 Å². The van der Waals surface area contributed by atoms with Crippen LogP contribution >= 0.6 is 0 Å². The molecule has 2 rings (SSSR count). The molecule has 0 radical (unpaired) electrons. The number of hydrogen-bond acceptors (Lipinski definition) is 3. The first-order valence-electron chi connectivity index (χ1n) is 5.68. The first kappa shape index (κ1) is 12.3. The maximum absolute atomic E-state index is 12.0. The van der Waals surface area contributed by atoms with Crippen LogP contribution in [0.2, 0.25) is 0 Å². The molecule has 2 atom stereocenters. The van der Waals surface area contributed by atoms with Gasteiger partial charge in [-0.25, -0.2) is 13.1 Å². The summed E-state index contributed by atoms with van der Waals surface area (Å²) < 4.78 is 26.6. The Labute approximate surface area is 100 Å². The lowest BCUT2D eigenvalue weighted by molar-refractivity contribution is 0.537. The quantitative estimate of drug-likeness (QED) is 0.841. The number of aromatic amines is 1. The summed E-state index contributed by atoms with van der Waals surface area (Å²) in [7, 11) is -3.69. The zero-order valence-electron chi connectivity index (χ0n) is 9.64. The van der Waals surface area contributed by atoms with Crippen molar-refractivity contribution in [1.82, 2.24) is 9.71 Å². The molecular weight excluding hydrogens is 240 g/mol. The third-order valence-corrected chi connectivity index (χ3v) is 4.64. The monoisotopic (exact) mass is 256 g/mol. The molecule has 5 nitrogen and oxygen atoms in total. The van der Waals surface area contributed by atoms with Crippen molar-refractivity contribution >= 4 is 10.0 Å². The van der Waals surface area contributed by atoms with Crippen molar-refractivity contribution in [1.29, 1.82) is 0 Å². The smallest absolute Gasteiger partial charge is 0.246 e. The number of H-pyrrole nitrogens is 1. The van der Waals surface area contributed by atoms with E-state index in [0.29, 0.717) is 5.92 Å². The van der Waals surface area contributed by atoms with Gasteiger partial charge in [-0.2, -0.15) is 0 Å². The van der Waals surface area contributed by atoms with E-state index >= 15 is 0 Å². The Morgan fingerprint density at radius 3 is 2.76 bits per heavy atom. The lowest BCUT2D eigenvalue weighted by atomic mass is 10.1. The Morgan fingerprint density at radius 1 is 1.41 bits per heavy atom. The first-order valence-corrected chi connectivity index (χ1v) is 7.17. The fraction of sp³-hybridized carbons (Fsp3) is 0.545. The molecule has 94 valence electrons. The molecule has 1 saturated carbocycles. The van der Waals surface area contributed by atoms with E-state index in [1.54, 1.807) is 0 Å². The van der Waals surface area contributed by atoms with Crippen LogP contribution in [-0.2, 0) is 10.0 Å². The number of pyridine rings is 1. The predicted octanol–water partition coefficient (Wildman–Crippen LogP) is 0.842. The lowest BCUT2D eigenvalue weighted by Crippen LogP contribution is -2.35. The summed E-state index contributed by atoms with van der Waals surface area (Å²) in [4.78, 5) is 13.9. The first-order chi connectivity index (χ1) is 7.99. The number of sulfonamides is 1. The van der Waals surface area contributed by atoms with Crippen LogP contribution in [0.25, 0.3) is 0 Å². The zero-order valence-corrected chi connectivity index (χ0v) is 10.5. The summed E-state index contributed by atoms with van der Waals surface area (Å²) >= 11 is 0. The fourth-order valence-electron chi connectivity index (χ4n) is 2.21. The third-order valence-electron chi connectivity index (χ3n) is 3.09. The van der Waals surface area contributed by atoms with Gasteiger partial charge in [0.25, 0.3) is 0 Å². The summed E-state index contributed by atoms with van der Waals surface area (Å²) in [6.07, 6.45) is 5.34. The van der Waals surface area contributed by atoms with E-state index in [1.807, 2.05) is 0 Å². The van der Waals surface area contributed by atoms with Crippen LogP contribution < -0.4 is 10.2 Å². The normalized spacial score (nSPS) is 25.0. The molecule has 2 unspecified atom stereocenters. The molecule has 0 amide bonds. The molecule has 2 N–H and O–H groups in total. The van der Waals surface area contributed by atoms with E-state index in [-0.39, 0.29) is 10.9 Å². The largest absolute Gasteiger partial charge is 0.366 e. The molecule has 1 fully saturated rings. The molecule has 1 heterocycles. The van der Waals surface area contributed by atoms with Gasteiger partial charge in [-0.3, -0.25) is 4.79 Å². The topological polar surface area (TPSA) is 79.0 Å². The van der Waals surface area contributed by atoms with Crippen LogP contribution in [0, 0.1) is 5.92 Å². The number of aromatic nitrogens is 1. The van der Waals surface area contributed by atoms with Crippen LogP contribution in [0.15, 0.2) is 28.2 Å². The fourth-order valence-corrected chi connectivity index (χ4v) is 3.54. The van der Waals surface area contributed by atoms with Gasteiger partial charge in [-0.05, 0) is 25.2 Å². The van der Waals surface area contributed by atoms with Crippen molar-refractivity contribution in [3.05, 3.63) is 28.7 Å². The summed E-state index contributed by atoms with van der Waals surface area (Å²) in [5.74, 6) is 0.539. The van der Waals surface area contributed by atoms with Gasteiger partial charge < -0.3 is 4.98 Å². The molecule has 0 aromatic carbocycles. The second-order valence-electron chi connectivity index (χ2n) is 4.61. The third kappa shape index (κ3) is 2.76. The van der Waals surface area contributed by atoms with E-state index in [2.05, 4.69) is 16.6 Å². The predicted molar refractivity (Wildman–Crippen MR) is 64.2 cm³/mol. The van der Waals surface area contributed by atoms with E-state index in [1.165, 1.54) is 18.5 Å². The van der Waals surface area contributed by atoms with Crippen molar-refractivity contribution in [3.8, 4) is 0 Å². The van der Waals surface area contributed by atoms with Crippen LogP contribution in [0.3, 0.4) is 0 Å². The Hall–Kier alpha value is -1.14. The van der Waals surface area contributed by atoms with E-state index < -0.39 is 15.5 Å². The van der Waals surface area contributed by atoms with Gasteiger partial charge in [0.15, 0.2) is 0 Å². The van der Waals surface area contributed by atoms with Gasteiger partial charge in [-0.1, -0.05) is 6.92 Å². The van der Waals surface area contributed by atoms with Crippen molar-refractivity contribution in [2.75, 3.05) is 0 Å². The minimum atomic E-state index is -3.69. The average molecular weight is 256 g/mol. The average Bonchev–Trinajstić information content (AvgIpc) is 2.63. The number of hydrogen-bond donors (Lipinski definition) is 2. The highest BCUT2D eigenvalue weighted by Crippen LogP contribution is 2.25. The summed E-state index contributed by atoms with van der Waals surface area (Å²) in [6, 6.07) is 1.17. The zero-order chi connectivity index (χ0) is 12.5. The molecule has 6 heteroatoms. The van der Waals surface area contributed by atoms with Gasteiger partial charge in [0, 0.05) is 24.5 Å². The molecule has 0 saturated heterocycles. The molecule has 1 aliphatic carbocycles. The van der Waals surface area contributed by atoms with E-state index in [0.717, 1.165) is 19.3 Å². The van der Waals surface area contributed by atoms with Crippen LogP contribution in [-0.4, -0.2) is 19.4 Å². The van der Waals surface area contributed by atoms with Crippen LogP contribution in [0.5, 0.6) is 0 Å². The van der Waals surface area contributed by atoms with Crippen molar-refractivity contribution < 1.29 is 8.42 Å². The van der Waals surface area contributed by atoms with Crippen molar-refractivity contribution in [2.45, 2.75) is 37.1 Å². The Kier molecular flexibility index (Phi) is 3.35. The van der Waals surface area contributed by atoms with Gasteiger partial charge >= 0.3 is 0 Å². The number of rotatable bonds is 3. The minimum absolute atomic E-state index is 0.0467. The maximum Gasteiger partial charge on any atom is 0.246 e. The highest BCUT2D eigenvalue weighted by atomic mass is 32.2. The Bertz CT molecular complexity index is 550. The van der Waals surface area contributed by atoms with Gasteiger partial charge in [0.1, 0.15) is 4.90 Å². The van der Waals surface area contributed by atoms with Crippen molar-refractivity contribution in [2.24, 2.45) is 5.92 Å². The standard InChI is InChI=1S/C11H16N2O3S/c1-8-2-3-9(6-8)13-17(15,16)11-7-12-5-4-10(11)14/h4-5,7-9,13H,2-3,6H2,1H3,(H,12,14). The van der Waals surface area contributed by atoms with E-state index in [9.17, 15) is 13.2 Å². The minimum Gasteiger partial charge on any atom is -0.366 e. The Balaban J connectivity index is 2.20. The van der Waals surface area contributed by atoms with Gasteiger partial charge in [-0.15, -0.1) is 0 Å². The molecule has 1 aromatic heterocycles. The Morgan fingerprint density at radius 2 is 2.18 bits per heavy atom. The van der Waals surface area contributed by atoms with Crippen molar-refractivity contribution in [3.63, 3.8) is 0 Å². The second kappa shape index (κ2) is 4.62. The maximum atomic E-state index is 12.0. The molecular formula is C11H16N2O3S. The highest BCUT2D eigenvalue weighted by Gasteiger charge is 2.27.